The number of anilines is 2. The van der Waals surface area contributed by atoms with Crippen LogP contribution in [0.25, 0.3) is 0 Å². The van der Waals surface area contributed by atoms with E-state index in [1.807, 2.05) is 36.4 Å². The zero-order valence-corrected chi connectivity index (χ0v) is 16.7. The van der Waals surface area contributed by atoms with Crippen molar-refractivity contribution in [2.45, 2.75) is 31.0 Å². The molecule has 0 aromatic heterocycles. The third kappa shape index (κ3) is 4.20. The van der Waals surface area contributed by atoms with Crippen molar-refractivity contribution in [3.05, 3.63) is 60.2 Å². The summed E-state index contributed by atoms with van der Waals surface area (Å²) in [5, 5.41) is 8.76. The first-order chi connectivity index (χ1) is 14.9. The van der Waals surface area contributed by atoms with Crippen LogP contribution in [-0.4, -0.2) is 42.3 Å². The van der Waals surface area contributed by atoms with Crippen molar-refractivity contribution in [2.75, 3.05) is 16.8 Å². The monoisotopic (exact) mass is 421 g/mol. The van der Waals surface area contributed by atoms with Crippen molar-refractivity contribution in [1.82, 2.24) is 10.6 Å². The smallest absolute Gasteiger partial charge is 0.252 e. The van der Waals surface area contributed by atoms with E-state index in [4.69, 9.17) is 5.73 Å². The van der Waals surface area contributed by atoms with Crippen LogP contribution in [0.3, 0.4) is 0 Å². The summed E-state index contributed by atoms with van der Waals surface area (Å²) in [6.07, 6.45) is 0.622. The quantitative estimate of drug-likeness (QED) is 0.556. The Balaban J connectivity index is 1.74. The number of primary amides is 1. The van der Waals surface area contributed by atoms with E-state index in [0.29, 0.717) is 17.8 Å². The summed E-state index contributed by atoms with van der Waals surface area (Å²) < 4.78 is 0. The summed E-state index contributed by atoms with van der Waals surface area (Å²) in [5.74, 6) is -1.79. The molecule has 0 unspecified atom stereocenters. The minimum atomic E-state index is -1.03. The van der Waals surface area contributed by atoms with Gasteiger partial charge in [0, 0.05) is 6.42 Å². The molecule has 2 aliphatic heterocycles. The minimum Gasteiger partial charge on any atom is -0.374 e. The van der Waals surface area contributed by atoms with Gasteiger partial charge in [-0.3, -0.25) is 24.1 Å². The molecule has 0 aliphatic carbocycles. The van der Waals surface area contributed by atoms with Crippen LogP contribution < -0.4 is 26.6 Å². The van der Waals surface area contributed by atoms with Crippen molar-refractivity contribution < 1.29 is 19.2 Å². The van der Waals surface area contributed by atoms with Crippen LogP contribution >= 0.6 is 0 Å². The Hall–Kier alpha value is -3.88. The van der Waals surface area contributed by atoms with Crippen LogP contribution in [0.5, 0.6) is 0 Å². The lowest BCUT2D eigenvalue weighted by atomic mass is 9.97. The second kappa shape index (κ2) is 8.47. The molecule has 1 fully saturated rings. The van der Waals surface area contributed by atoms with Gasteiger partial charge in [-0.15, -0.1) is 0 Å². The third-order valence-electron chi connectivity index (χ3n) is 5.45. The van der Waals surface area contributed by atoms with Crippen LogP contribution in [-0.2, 0) is 19.2 Å². The molecule has 0 radical (unpaired) electrons. The number of nitrogens with two attached hydrogens (primary N) is 1. The predicted octanol–water partition coefficient (Wildman–Crippen LogP) is 0.435. The Morgan fingerprint density at radius 2 is 1.74 bits per heavy atom. The first-order valence-electron chi connectivity index (χ1n) is 10.0. The van der Waals surface area contributed by atoms with Gasteiger partial charge in [-0.25, -0.2) is 0 Å². The molecule has 0 saturated carbocycles. The molecular formula is C22H23N5O4. The Kier molecular flexibility index (Phi) is 5.57. The largest absolute Gasteiger partial charge is 0.374 e. The first kappa shape index (κ1) is 20.4. The minimum absolute atomic E-state index is 0.201. The van der Waals surface area contributed by atoms with E-state index in [1.54, 1.807) is 18.2 Å². The van der Waals surface area contributed by atoms with Gasteiger partial charge in [0.25, 0.3) is 5.91 Å². The topological polar surface area (TPSA) is 134 Å². The number of benzene rings is 2. The van der Waals surface area contributed by atoms with Gasteiger partial charge < -0.3 is 21.7 Å². The fraction of sp³-hybridized carbons (Fsp3) is 0.273. The highest BCUT2D eigenvalue weighted by molar-refractivity contribution is 6.07. The number of nitrogens with zero attached hydrogens (tertiary/aromatic N) is 1. The lowest BCUT2D eigenvalue weighted by Gasteiger charge is -2.29. The maximum Gasteiger partial charge on any atom is 0.252 e. The van der Waals surface area contributed by atoms with Crippen molar-refractivity contribution in [2.24, 2.45) is 5.73 Å². The van der Waals surface area contributed by atoms with Gasteiger partial charge in [-0.05, 0) is 24.1 Å². The van der Waals surface area contributed by atoms with Crippen molar-refractivity contribution in [3.63, 3.8) is 0 Å². The van der Waals surface area contributed by atoms with E-state index in [9.17, 15) is 19.2 Å². The Labute approximate surface area is 179 Å². The van der Waals surface area contributed by atoms with Gasteiger partial charge in [0.05, 0.1) is 17.4 Å². The molecule has 9 heteroatoms. The lowest BCUT2D eigenvalue weighted by molar-refractivity contribution is -0.130. The zero-order chi connectivity index (χ0) is 22.0. The molecular weight excluding hydrogens is 398 g/mol. The predicted molar refractivity (Wildman–Crippen MR) is 114 cm³/mol. The lowest BCUT2D eigenvalue weighted by Crippen LogP contribution is -2.56. The fourth-order valence-corrected chi connectivity index (χ4v) is 3.98. The van der Waals surface area contributed by atoms with E-state index in [2.05, 4.69) is 16.0 Å². The number of carbonyl (C=O) groups is 4. The molecule has 160 valence electrons. The van der Waals surface area contributed by atoms with E-state index < -0.39 is 35.8 Å². The number of para-hydroxylation sites is 2. The molecule has 5 N–H and O–H groups in total. The molecule has 2 aromatic carbocycles. The van der Waals surface area contributed by atoms with Gasteiger partial charge in [0.15, 0.2) is 0 Å². The normalized spacial score (nSPS) is 22.7. The van der Waals surface area contributed by atoms with E-state index in [1.165, 1.54) is 4.90 Å². The van der Waals surface area contributed by atoms with Gasteiger partial charge >= 0.3 is 0 Å². The summed E-state index contributed by atoms with van der Waals surface area (Å²) in [6, 6.07) is 14.0. The van der Waals surface area contributed by atoms with E-state index >= 15 is 0 Å². The van der Waals surface area contributed by atoms with Crippen molar-refractivity contribution in [1.29, 1.82) is 0 Å². The summed E-state index contributed by atoms with van der Waals surface area (Å²) in [5.41, 5.74) is 7.33. The van der Waals surface area contributed by atoms with Crippen LogP contribution in [0.4, 0.5) is 11.4 Å². The van der Waals surface area contributed by atoms with Crippen molar-refractivity contribution in [3.8, 4) is 0 Å². The summed E-state index contributed by atoms with van der Waals surface area (Å²) >= 11 is 0. The summed E-state index contributed by atoms with van der Waals surface area (Å²) in [7, 11) is 0. The summed E-state index contributed by atoms with van der Waals surface area (Å²) in [6.45, 7) is -0.328. The second-order valence-corrected chi connectivity index (χ2v) is 7.59. The fourth-order valence-electron chi connectivity index (χ4n) is 3.98. The number of rotatable bonds is 5. The van der Waals surface area contributed by atoms with E-state index in [0.717, 1.165) is 5.56 Å². The zero-order valence-electron chi connectivity index (χ0n) is 16.7. The van der Waals surface area contributed by atoms with E-state index in [-0.39, 0.29) is 18.9 Å². The Morgan fingerprint density at radius 3 is 2.42 bits per heavy atom. The number of carbonyl (C=O) groups excluding carboxylic acids is 4. The SMILES string of the molecule is NC(=O)CN1C(=O)[C@@H](NC(=O)[C@@H]2CCC(=O)N2)[C@@H](c2ccccc2)Nc2ccccc21. The summed E-state index contributed by atoms with van der Waals surface area (Å²) in [4.78, 5) is 51.1. The molecule has 9 nitrogen and oxygen atoms in total. The van der Waals surface area contributed by atoms with Gasteiger partial charge in [0.2, 0.25) is 17.7 Å². The van der Waals surface area contributed by atoms with Crippen LogP contribution in [0, 0.1) is 0 Å². The first-order valence-corrected chi connectivity index (χ1v) is 10.0. The molecule has 4 rings (SSSR count). The average molecular weight is 421 g/mol. The number of amides is 4. The maximum atomic E-state index is 13.6. The number of hydrogen-bond acceptors (Lipinski definition) is 5. The highest BCUT2D eigenvalue weighted by Crippen LogP contribution is 2.35. The molecule has 2 heterocycles. The number of nitrogens with one attached hydrogen (secondary N) is 3. The molecule has 31 heavy (non-hydrogen) atoms. The average Bonchev–Trinajstić information content (AvgIpc) is 3.17. The van der Waals surface area contributed by atoms with Gasteiger partial charge in [-0.1, -0.05) is 42.5 Å². The standard InChI is InChI=1S/C22H23N5O4/c23-17(28)12-27-16-9-5-4-8-14(16)25-19(13-6-2-1-3-7-13)20(22(27)31)26-21(30)15-10-11-18(29)24-15/h1-9,15,19-20,25H,10-12H2,(H2,23,28)(H,24,29)(H,26,30)/t15-,19+,20-/m0/s1. The molecule has 3 atom stereocenters. The Morgan fingerprint density at radius 1 is 1.03 bits per heavy atom. The molecule has 1 saturated heterocycles. The van der Waals surface area contributed by atoms with Crippen LogP contribution in [0.15, 0.2) is 54.6 Å². The van der Waals surface area contributed by atoms with Gasteiger partial charge in [0.1, 0.15) is 18.6 Å². The molecule has 4 amide bonds. The maximum absolute atomic E-state index is 13.6. The molecule has 0 spiro atoms. The number of fused-ring (bicyclic) bond motifs is 1. The molecule has 2 aromatic rings. The van der Waals surface area contributed by atoms with Crippen LogP contribution in [0.2, 0.25) is 0 Å². The van der Waals surface area contributed by atoms with Gasteiger partial charge in [-0.2, -0.15) is 0 Å². The highest BCUT2D eigenvalue weighted by Gasteiger charge is 2.40. The van der Waals surface area contributed by atoms with Crippen LogP contribution in [0.1, 0.15) is 24.4 Å². The third-order valence-corrected chi connectivity index (χ3v) is 5.45. The molecule has 2 aliphatic rings. The molecule has 0 bridgehead atoms. The second-order valence-electron chi connectivity index (χ2n) is 7.59. The van der Waals surface area contributed by atoms with Crippen molar-refractivity contribution >= 4 is 35.0 Å². The highest BCUT2D eigenvalue weighted by atomic mass is 16.2. The Bertz CT molecular complexity index is 1030. The number of hydrogen-bond donors (Lipinski definition) is 4.